The summed E-state index contributed by atoms with van der Waals surface area (Å²) in [7, 11) is 1.65. The summed E-state index contributed by atoms with van der Waals surface area (Å²) < 4.78 is 21.9. The van der Waals surface area contributed by atoms with Gasteiger partial charge in [0, 0.05) is 17.6 Å². The molecule has 1 rings (SSSR count). The highest BCUT2D eigenvalue weighted by Gasteiger charge is 1.99. The van der Waals surface area contributed by atoms with Crippen molar-refractivity contribution in [2.24, 2.45) is 0 Å². The third-order valence-electron chi connectivity index (χ3n) is 2.28. The molecule has 0 radical (unpaired) electrons. The first-order chi connectivity index (χ1) is 9.24. The van der Waals surface area contributed by atoms with E-state index in [1.807, 2.05) is 19.1 Å². The van der Waals surface area contributed by atoms with Crippen LogP contribution in [0.2, 0.25) is 0 Å². The predicted octanol–water partition coefficient (Wildman–Crippen LogP) is 2.21. The van der Waals surface area contributed by atoms with Gasteiger partial charge >= 0.3 is 0 Å². The summed E-state index contributed by atoms with van der Waals surface area (Å²) in [4.78, 5) is 4.28. The number of rotatable bonds is 10. The van der Waals surface area contributed by atoms with Crippen LogP contribution in [0.1, 0.15) is 5.69 Å². The Hall–Kier alpha value is -0.690. The Balaban J connectivity index is 2.00. The second-order valence-electron chi connectivity index (χ2n) is 3.78. The summed E-state index contributed by atoms with van der Waals surface area (Å²) in [6.07, 6.45) is 0. The van der Waals surface area contributed by atoms with Gasteiger partial charge in [0.05, 0.1) is 38.7 Å². The summed E-state index contributed by atoms with van der Waals surface area (Å²) in [5.74, 6) is 0.612. The summed E-state index contributed by atoms with van der Waals surface area (Å²) >= 11 is 3.39. The molecule has 0 atom stereocenters. The fourth-order valence-electron chi connectivity index (χ4n) is 1.27. The number of ether oxygens (including phenoxy) is 4. The SMILES string of the molecule is COCCOCCOCCOc1ccc(Br)c(C)n1. The number of nitrogens with zero attached hydrogens (tertiary/aromatic N) is 1. The molecule has 0 N–H and O–H groups in total. The van der Waals surface area contributed by atoms with Crippen LogP contribution in [0.5, 0.6) is 5.88 Å². The zero-order valence-electron chi connectivity index (χ0n) is 11.4. The van der Waals surface area contributed by atoms with Gasteiger partial charge in [-0.3, -0.25) is 0 Å². The molecule has 1 aromatic heterocycles. The Bertz CT molecular complexity index is 362. The average Bonchev–Trinajstić information content (AvgIpc) is 2.41. The van der Waals surface area contributed by atoms with Crippen LogP contribution in [0.4, 0.5) is 0 Å². The fraction of sp³-hybridized carbons (Fsp3) is 0.615. The van der Waals surface area contributed by atoms with E-state index in [0.717, 1.165) is 10.2 Å². The van der Waals surface area contributed by atoms with Crippen molar-refractivity contribution < 1.29 is 18.9 Å². The Morgan fingerprint density at radius 1 is 1.00 bits per heavy atom. The van der Waals surface area contributed by atoms with Crippen molar-refractivity contribution >= 4 is 15.9 Å². The average molecular weight is 334 g/mol. The third-order valence-corrected chi connectivity index (χ3v) is 3.12. The van der Waals surface area contributed by atoms with Crippen LogP contribution in [0, 0.1) is 6.92 Å². The van der Waals surface area contributed by atoms with Crippen LogP contribution in [0.25, 0.3) is 0 Å². The van der Waals surface area contributed by atoms with Gasteiger partial charge in [-0.05, 0) is 28.9 Å². The normalized spacial score (nSPS) is 10.7. The lowest BCUT2D eigenvalue weighted by Crippen LogP contribution is -2.12. The summed E-state index contributed by atoms with van der Waals surface area (Å²) in [5, 5.41) is 0. The van der Waals surface area contributed by atoms with Gasteiger partial charge in [-0.25, -0.2) is 4.98 Å². The van der Waals surface area contributed by atoms with E-state index in [1.54, 1.807) is 7.11 Å². The van der Waals surface area contributed by atoms with Crippen molar-refractivity contribution in [2.45, 2.75) is 6.92 Å². The van der Waals surface area contributed by atoms with Gasteiger partial charge in [0.2, 0.25) is 5.88 Å². The highest BCUT2D eigenvalue weighted by molar-refractivity contribution is 9.10. The van der Waals surface area contributed by atoms with E-state index in [2.05, 4.69) is 20.9 Å². The molecule has 0 aliphatic rings. The molecule has 0 amide bonds. The zero-order chi connectivity index (χ0) is 13.9. The molecule has 0 fully saturated rings. The zero-order valence-corrected chi connectivity index (χ0v) is 12.9. The molecular formula is C13H20BrNO4. The van der Waals surface area contributed by atoms with Gasteiger partial charge in [0.15, 0.2) is 0 Å². The number of aryl methyl sites for hydroxylation is 1. The molecule has 0 spiro atoms. The van der Waals surface area contributed by atoms with E-state index in [0.29, 0.717) is 45.5 Å². The topological polar surface area (TPSA) is 49.8 Å². The highest BCUT2D eigenvalue weighted by atomic mass is 79.9. The van der Waals surface area contributed by atoms with Gasteiger partial charge in [0.1, 0.15) is 6.61 Å². The van der Waals surface area contributed by atoms with Gasteiger partial charge in [-0.1, -0.05) is 0 Å². The van der Waals surface area contributed by atoms with Gasteiger partial charge in [0.25, 0.3) is 0 Å². The van der Waals surface area contributed by atoms with Crippen molar-refractivity contribution in [3.63, 3.8) is 0 Å². The summed E-state index contributed by atoms with van der Waals surface area (Å²) in [6, 6.07) is 3.74. The van der Waals surface area contributed by atoms with E-state index in [1.165, 1.54) is 0 Å². The van der Waals surface area contributed by atoms with E-state index in [4.69, 9.17) is 18.9 Å². The van der Waals surface area contributed by atoms with Crippen molar-refractivity contribution in [1.82, 2.24) is 4.98 Å². The molecule has 0 aliphatic carbocycles. The van der Waals surface area contributed by atoms with Crippen LogP contribution in [0.15, 0.2) is 16.6 Å². The molecule has 0 saturated heterocycles. The predicted molar refractivity (Wildman–Crippen MR) is 75.7 cm³/mol. The van der Waals surface area contributed by atoms with Gasteiger partial charge < -0.3 is 18.9 Å². The number of hydrogen-bond donors (Lipinski definition) is 0. The second-order valence-corrected chi connectivity index (χ2v) is 4.64. The van der Waals surface area contributed by atoms with Crippen LogP contribution >= 0.6 is 15.9 Å². The van der Waals surface area contributed by atoms with Gasteiger partial charge in [-0.2, -0.15) is 0 Å². The van der Waals surface area contributed by atoms with E-state index < -0.39 is 0 Å². The van der Waals surface area contributed by atoms with Crippen molar-refractivity contribution in [2.75, 3.05) is 46.8 Å². The largest absolute Gasteiger partial charge is 0.475 e. The molecule has 1 heterocycles. The Morgan fingerprint density at radius 2 is 1.63 bits per heavy atom. The van der Waals surface area contributed by atoms with Crippen molar-refractivity contribution in [3.05, 3.63) is 22.3 Å². The quantitative estimate of drug-likeness (QED) is 0.614. The highest BCUT2D eigenvalue weighted by Crippen LogP contribution is 2.17. The Morgan fingerprint density at radius 3 is 2.26 bits per heavy atom. The lowest BCUT2D eigenvalue weighted by Gasteiger charge is -2.08. The number of halogens is 1. The minimum atomic E-state index is 0.478. The molecule has 0 aliphatic heterocycles. The minimum Gasteiger partial charge on any atom is -0.475 e. The standard InChI is InChI=1S/C13H20BrNO4/c1-11-12(14)3-4-13(15-11)19-10-9-18-8-7-17-6-5-16-2/h3-4H,5-10H2,1-2H3. The molecule has 0 unspecified atom stereocenters. The molecule has 108 valence electrons. The molecule has 1 aromatic rings. The molecular weight excluding hydrogens is 314 g/mol. The summed E-state index contributed by atoms with van der Waals surface area (Å²) in [5.41, 5.74) is 0.907. The van der Waals surface area contributed by atoms with Crippen molar-refractivity contribution in [3.8, 4) is 5.88 Å². The Kier molecular flexibility index (Phi) is 8.73. The van der Waals surface area contributed by atoms with Crippen LogP contribution in [-0.4, -0.2) is 51.7 Å². The molecule has 0 saturated carbocycles. The number of methoxy groups -OCH3 is 1. The molecule has 0 aromatic carbocycles. The minimum absolute atomic E-state index is 0.478. The van der Waals surface area contributed by atoms with Gasteiger partial charge in [-0.15, -0.1) is 0 Å². The molecule has 5 nitrogen and oxygen atoms in total. The first-order valence-corrected chi connectivity index (χ1v) is 6.93. The lowest BCUT2D eigenvalue weighted by molar-refractivity contribution is 0.0176. The first-order valence-electron chi connectivity index (χ1n) is 6.14. The molecule has 19 heavy (non-hydrogen) atoms. The maximum absolute atomic E-state index is 5.47. The lowest BCUT2D eigenvalue weighted by atomic mass is 10.4. The molecule has 0 bridgehead atoms. The van der Waals surface area contributed by atoms with E-state index >= 15 is 0 Å². The van der Waals surface area contributed by atoms with E-state index in [9.17, 15) is 0 Å². The number of pyridine rings is 1. The monoisotopic (exact) mass is 333 g/mol. The maximum Gasteiger partial charge on any atom is 0.213 e. The third kappa shape index (κ3) is 7.47. The number of hydrogen-bond acceptors (Lipinski definition) is 5. The smallest absolute Gasteiger partial charge is 0.213 e. The summed E-state index contributed by atoms with van der Waals surface area (Å²) in [6.45, 7) is 5.25. The Labute approximate surface area is 122 Å². The fourth-order valence-corrected chi connectivity index (χ4v) is 1.49. The second kappa shape index (κ2) is 10.1. The van der Waals surface area contributed by atoms with Crippen LogP contribution < -0.4 is 4.74 Å². The number of aromatic nitrogens is 1. The van der Waals surface area contributed by atoms with E-state index in [-0.39, 0.29) is 0 Å². The first kappa shape index (κ1) is 16.4. The maximum atomic E-state index is 5.47. The van der Waals surface area contributed by atoms with Crippen LogP contribution in [-0.2, 0) is 14.2 Å². The van der Waals surface area contributed by atoms with Crippen molar-refractivity contribution in [1.29, 1.82) is 0 Å². The molecule has 6 heteroatoms. The van der Waals surface area contributed by atoms with Crippen LogP contribution in [0.3, 0.4) is 0 Å².